The molecular formula is C20H24N4O3S. The second-order valence-corrected chi connectivity index (χ2v) is 8.51. The number of carbonyl (C=O) groups excluding carboxylic acids is 1. The van der Waals surface area contributed by atoms with Gasteiger partial charge in [-0.15, -0.1) is 0 Å². The Labute approximate surface area is 165 Å². The maximum Gasteiger partial charge on any atom is 0.244 e. The zero-order valence-corrected chi connectivity index (χ0v) is 16.4. The number of pyridine rings is 1. The van der Waals surface area contributed by atoms with Gasteiger partial charge in [0.2, 0.25) is 15.9 Å². The smallest absolute Gasteiger partial charge is 0.244 e. The monoisotopic (exact) mass is 400 g/mol. The molecule has 0 radical (unpaired) electrons. The van der Waals surface area contributed by atoms with Crippen LogP contribution in [0.3, 0.4) is 0 Å². The highest BCUT2D eigenvalue weighted by Gasteiger charge is 2.27. The SMILES string of the molecule is O=C(/C=C\c1ccccc1)NCCS(=O)(=O)N1CCN(c2ccccn2)CC1. The van der Waals surface area contributed by atoms with Crippen molar-refractivity contribution >= 4 is 27.8 Å². The van der Waals surface area contributed by atoms with Crippen molar-refractivity contribution in [1.29, 1.82) is 0 Å². The number of benzene rings is 1. The molecule has 0 saturated carbocycles. The lowest BCUT2D eigenvalue weighted by molar-refractivity contribution is -0.116. The molecule has 1 N–H and O–H groups in total. The highest BCUT2D eigenvalue weighted by atomic mass is 32.2. The first-order chi connectivity index (χ1) is 13.5. The number of nitrogens with one attached hydrogen (secondary N) is 1. The Morgan fingerprint density at radius 3 is 2.43 bits per heavy atom. The number of nitrogens with zero attached hydrogens (tertiary/aromatic N) is 3. The largest absolute Gasteiger partial charge is 0.354 e. The summed E-state index contributed by atoms with van der Waals surface area (Å²) in [6.45, 7) is 2.12. The molecule has 28 heavy (non-hydrogen) atoms. The highest BCUT2D eigenvalue weighted by molar-refractivity contribution is 7.89. The van der Waals surface area contributed by atoms with Crippen molar-refractivity contribution in [2.75, 3.05) is 43.4 Å². The van der Waals surface area contributed by atoms with E-state index in [2.05, 4.69) is 15.2 Å². The van der Waals surface area contributed by atoms with Gasteiger partial charge in [0.15, 0.2) is 0 Å². The third kappa shape index (κ3) is 5.64. The molecule has 0 atom stereocenters. The van der Waals surface area contributed by atoms with E-state index >= 15 is 0 Å². The highest BCUT2D eigenvalue weighted by Crippen LogP contribution is 2.14. The minimum atomic E-state index is -3.40. The molecule has 0 aliphatic carbocycles. The van der Waals surface area contributed by atoms with Crippen LogP contribution in [0.15, 0.2) is 60.8 Å². The fourth-order valence-electron chi connectivity index (χ4n) is 2.96. The van der Waals surface area contributed by atoms with Crippen LogP contribution in [-0.2, 0) is 14.8 Å². The molecule has 2 heterocycles. The van der Waals surface area contributed by atoms with Crippen molar-refractivity contribution in [3.8, 4) is 0 Å². The average Bonchev–Trinajstić information content (AvgIpc) is 2.74. The van der Waals surface area contributed by atoms with Crippen LogP contribution in [0.25, 0.3) is 6.08 Å². The Kier molecular flexibility index (Phi) is 6.78. The molecule has 0 unspecified atom stereocenters. The van der Waals surface area contributed by atoms with E-state index in [9.17, 15) is 13.2 Å². The molecule has 3 rings (SSSR count). The molecule has 0 bridgehead atoms. The second kappa shape index (κ2) is 9.48. The number of amides is 1. The lowest BCUT2D eigenvalue weighted by atomic mass is 10.2. The summed E-state index contributed by atoms with van der Waals surface area (Å²) < 4.78 is 26.5. The standard InChI is InChI=1S/C20H24N4O3S/c25-20(10-9-18-6-2-1-3-7-18)22-12-17-28(26,27)24-15-13-23(14-16-24)19-8-4-5-11-21-19/h1-11H,12-17H2,(H,22,25)/b10-9-. The lowest BCUT2D eigenvalue weighted by Gasteiger charge is -2.34. The minimum absolute atomic E-state index is 0.0841. The summed E-state index contributed by atoms with van der Waals surface area (Å²) >= 11 is 0. The van der Waals surface area contributed by atoms with E-state index in [0.717, 1.165) is 11.4 Å². The van der Waals surface area contributed by atoms with Gasteiger partial charge in [-0.1, -0.05) is 36.4 Å². The zero-order valence-electron chi connectivity index (χ0n) is 15.6. The molecule has 7 nitrogen and oxygen atoms in total. The van der Waals surface area contributed by atoms with Crippen LogP contribution in [0.4, 0.5) is 5.82 Å². The number of carbonyl (C=O) groups is 1. The molecule has 148 valence electrons. The van der Waals surface area contributed by atoms with Gasteiger partial charge in [0.25, 0.3) is 0 Å². The van der Waals surface area contributed by atoms with Crippen molar-refractivity contribution < 1.29 is 13.2 Å². The Morgan fingerprint density at radius 1 is 1.04 bits per heavy atom. The Hall–Kier alpha value is -2.71. The van der Waals surface area contributed by atoms with E-state index in [1.165, 1.54) is 10.4 Å². The zero-order chi connectivity index (χ0) is 19.8. The molecule has 1 aromatic heterocycles. The number of hydrogen-bond donors (Lipinski definition) is 1. The minimum Gasteiger partial charge on any atom is -0.354 e. The lowest BCUT2D eigenvalue weighted by Crippen LogP contribution is -2.50. The molecule has 1 aromatic carbocycles. The predicted octanol–water partition coefficient (Wildman–Crippen LogP) is 1.36. The van der Waals surface area contributed by atoms with E-state index in [-0.39, 0.29) is 18.2 Å². The molecule has 1 aliphatic heterocycles. The van der Waals surface area contributed by atoms with E-state index < -0.39 is 10.0 Å². The summed E-state index contributed by atoms with van der Waals surface area (Å²) in [6.07, 6.45) is 4.83. The number of aromatic nitrogens is 1. The van der Waals surface area contributed by atoms with Crippen molar-refractivity contribution in [3.63, 3.8) is 0 Å². The Bertz CT molecular complexity index is 894. The van der Waals surface area contributed by atoms with Crippen LogP contribution in [0.2, 0.25) is 0 Å². The molecule has 1 saturated heterocycles. The van der Waals surface area contributed by atoms with Crippen LogP contribution in [-0.4, -0.2) is 62.1 Å². The number of piperazine rings is 1. The first kappa shape index (κ1) is 20.0. The first-order valence-electron chi connectivity index (χ1n) is 9.19. The van der Waals surface area contributed by atoms with Crippen LogP contribution in [0, 0.1) is 0 Å². The summed E-state index contributed by atoms with van der Waals surface area (Å²) in [5.41, 5.74) is 0.913. The molecule has 0 spiro atoms. The van der Waals surface area contributed by atoms with Crippen LogP contribution in [0.1, 0.15) is 5.56 Å². The van der Waals surface area contributed by atoms with Crippen molar-refractivity contribution in [2.45, 2.75) is 0 Å². The summed E-state index contributed by atoms with van der Waals surface area (Å²) in [5, 5.41) is 2.63. The molecule has 1 amide bonds. The third-order valence-electron chi connectivity index (χ3n) is 4.49. The van der Waals surface area contributed by atoms with E-state index in [0.29, 0.717) is 26.2 Å². The first-order valence-corrected chi connectivity index (χ1v) is 10.8. The van der Waals surface area contributed by atoms with Crippen molar-refractivity contribution in [3.05, 3.63) is 66.4 Å². The molecule has 1 fully saturated rings. The topological polar surface area (TPSA) is 82.6 Å². The Balaban J connectivity index is 1.43. The van der Waals surface area contributed by atoms with E-state index in [4.69, 9.17) is 0 Å². The van der Waals surface area contributed by atoms with Gasteiger partial charge in [0.05, 0.1) is 5.75 Å². The number of anilines is 1. The van der Waals surface area contributed by atoms with Gasteiger partial charge in [0, 0.05) is 45.0 Å². The summed E-state index contributed by atoms with van der Waals surface area (Å²) in [4.78, 5) is 18.2. The van der Waals surface area contributed by atoms with Gasteiger partial charge >= 0.3 is 0 Å². The van der Waals surface area contributed by atoms with Crippen LogP contribution >= 0.6 is 0 Å². The molecule has 1 aliphatic rings. The van der Waals surface area contributed by atoms with Crippen LogP contribution < -0.4 is 10.2 Å². The van der Waals surface area contributed by atoms with Gasteiger partial charge in [0.1, 0.15) is 5.82 Å². The third-order valence-corrected chi connectivity index (χ3v) is 6.36. The van der Waals surface area contributed by atoms with Gasteiger partial charge in [-0.3, -0.25) is 4.79 Å². The second-order valence-electron chi connectivity index (χ2n) is 6.43. The molecule has 8 heteroatoms. The van der Waals surface area contributed by atoms with E-state index in [1.807, 2.05) is 48.5 Å². The quantitative estimate of drug-likeness (QED) is 0.710. The summed E-state index contributed by atoms with van der Waals surface area (Å²) in [7, 11) is -3.40. The fourth-order valence-corrected chi connectivity index (χ4v) is 4.30. The summed E-state index contributed by atoms with van der Waals surface area (Å²) in [6, 6.07) is 15.1. The van der Waals surface area contributed by atoms with Gasteiger partial charge in [-0.25, -0.2) is 13.4 Å². The van der Waals surface area contributed by atoms with Gasteiger partial charge in [-0.05, 0) is 23.8 Å². The van der Waals surface area contributed by atoms with E-state index in [1.54, 1.807) is 12.3 Å². The molecule has 2 aromatic rings. The fraction of sp³-hybridized carbons (Fsp3) is 0.300. The van der Waals surface area contributed by atoms with Crippen LogP contribution in [0.5, 0.6) is 0 Å². The number of hydrogen-bond acceptors (Lipinski definition) is 5. The number of rotatable bonds is 7. The summed E-state index contributed by atoms with van der Waals surface area (Å²) in [5.74, 6) is 0.442. The number of sulfonamides is 1. The van der Waals surface area contributed by atoms with Gasteiger partial charge in [-0.2, -0.15) is 4.31 Å². The Morgan fingerprint density at radius 2 is 1.75 bits per heavy atom. The molecular weight excluding hydrogens is 376 g/mol. The van der Waals surface area contributed by atoms with Crippen molar-refractivity contribution in [2.24, 2.45) is 0 Å². The average molecular weight is 401 g/mol. The maximum atomic E-state index is 12.5. The maximum absolute atomic E-state index is 12.5. The van der Waals surface area contributed by atoms with Crippen molar-refractivity contribution in [1.82, 2.24) is 14.6 Å². The normalized spacial score (nSPS) is 15.6. The predicted molar refractivity (Wildman–Crippen MR) is 110 cm³/mol. The van der Waals surface area contributed by atoms with Gasteiger partial charge < -0.3 is 10.2 Å².